The quantitative estimate of drug-likeness (QED) is 0.850. The highest BCUT2D eigenvalue weighted by atomic mass is 16.2. The molecule has 2 aliphatic rings. The van der Waals surface area contributed by atoms with Crippen molar-refractivity contribution in [2.45, 2.75) is 12.3 Å². The fourth-order valence-corrected chi connectivity index (χ4v) is 3.46. The molecule has 0 saturated carbocycles. The van der Waals surface area contributed by atoms with Crippen LogP contribution in [0.4, 0.5) is 5.69 Å². The number of hydrogen-bond donors (Lipinski definition) is 2. The Balaban J connectivity index is 2.03. The van der Waals surface area contributed by atoms with Crippen LogP contribution in [0.1, 0.15) is 16.7 Å². The Hall–Kier alpha value is -3.14. The number of amides is 2. The van der Waals surface area contributed by atoms with Crippen molar-refractivity contribution in [3.8, 4) is 0 Å². The summed E-state index contributed by atoms with van der Waals surface area (Å²) in [6, 6.07) is 15.5. The maximum absolute atomic E-state index is 13.0. The Morgan fingerprint density at radius 3 is 2.67 bits per heavy atom. The third-order valence-electron chi connectivity index (χ3n) is 4.55. The Labute approximate surface area is 139 Å². The van der Waals surface area contributed by atoms with Gasteiger partial charge in [-0.05, 0) is 35.8 Å². The maximum atomic E-state index is 13.0. The number of anilines is 1. The van der Waals surface area contributed by atoms with Gasteiger partial charge in [0.25, 0.3) is 0 Å². The van der Waals surface area contributed by atoms with Crippen molar-refractivity contribution >= 4 is 23.1 Å². The average molecular weight is 316 g/mol. The molecule has 0 aliphatic carbocycles. The number of benzene rings is 2. The van der Waals surface area contributed by atoms with E-state index in [-0.39, 0.29) is 11.8 Å². The highest BCUT2D eigenvalue weighted by Crippen LogP contribution is 2.48. The first kappa shape index (κ1) is 14.5. The monoisotopic (exact) mass is 316 g/mol. The molecule has 4 nitrogen and oxygen atoms in total. The van der Waals surface area contributed by atoms with Gasteiger partial charge in [0.2, 0.25) is 11.8 Å². The first-order valence-electron chi connectivity index (χ1n) is 7.79. The van der Waals surface area contributed by atoms with Gasteiger partial charge >= 0.3 is 0 Å². The van der Waals surface area contributed by atoms with Crippen LogP contribution in [0.25, 0.3) is 5.57 Å². The van der Waals surface area contributed by atoms with Crippen molar-refractivity contribution < 1.29 is 9.59 Å². The number of rotatable bonds is 1. The number of carbonyl (C=O) groups excluding carboxylic acids is 2. The van der Waals surface area contributed by atoms with Crippen LogP contribution >= 0.6 is 0 Å². The number of nitrogens with one attached hydrogen (secondary N) is 2. The molecule has 0 aromatic heterocycles. The topological polar surface area (TPSA) is 58.2 Å². The summed E-state index contributed by atoms with van der Waals surface area (Å²) in [4.78, 5) is 25.1. The van der Waals surface area contributed by atoms with E-state index in [0.717, 1.165) is 22.4 Å². The molecule has 2 N–H and O–H groups in total. The van der Waals surface area contributed by atoms with Gasteiger partial charge in [-0.25, -0.2) is 0 Å². The molecule has 1 unspecified atom stereocenters. The summed E-state index contributed by atoms with van der Waals surface area (Å²) in [7, 11) is 0. The summed E-state index contributed by atoms with van der Waals surface area (Å²) in [5.74, 6) is -0.388. The van der Waals surface area contributed by atoms with Gasteiger partial charge in [0.1, 0.15) is 5.41 Å². The smallest absolute Gasteiger partial charge is 0.248 e. The molecule has 2 aliphatic heterocycles. The van der Waals surface area contributed by atoms with Crippen molar-refractivity contribution in [1.82, 2.24) is 5.32 Å². The molecule has 2 aromatic carbocycles. The summed E-state index contributed by atoms with van der Waals surface area (Å²) in [6.07, 6.45) is 4.85. The largest absolute Gasteiger partial charge is 0.329 e. The zero-order valence-electron chi connectivity index (χ0n) is 13.2. The summed E-state index contributed by atoms with van der Waals surface area (Å²) in [5, 5.41) is 5.63. The van der Waals surface area contributed by atoms with Crippen molar-refractivity contribution in [2.24, 2.45) is 0 Å². The summed E-state index contributed by atoms with van der Waals surface area (Å²) < 4.78 is 0. The van der Waals surface area contributed by atoms with Crippen molar-refractivity contribution in [1.29, 1.82) is 0 Å². The fraction of sp³-hybridized carbons (Fsp3) is 0.100. The highest BCUT2D eigenvalue weighted by molar-refractivity contribution is 6.19. The molecule has 4 heteroatoms. The van der Waals surface area contributed by atoms with E-state index in [0.29, 0.717) is 5.57 Å². The molecule has 24 heavy (non-hydrogen) atoms. The molecule has 1 atom stereocenters. The van der Waals surface area contributed by atoms with Gasteiger partial charge in [0, 0.05) is 18.0 Å². The molecule has 0 radical (unpaired) electrons. The molecular formula is C20H16N2O2. The van der Waals surface area contributed by atoms with Crippen LogP contribution in [0.15, 0.2) is 66.9 Å². The Bertz CT molecular complexity index is 927. The zero-order chi connectivity index (χ0) is 16.7. The van der Waals surface area contributed by atoms with Crippen LogP contribution in [0.2, 0.25) is 0 Å². The Kier molecular flexibility index (Phi) is 3.13. The van der Waals surface area contributed by atoms with Gasteiger partial charge in [0.05, 0.1) is 0 Å². The van der Waals surface area contributed by atoms with Crippen LogP contribution in [-0.2, 0) is 15.0 Å². The zero-order valence-corrected chi connectivity index (χ0v) is 13.2. The second-order valence-electron chi connectivity index (χ2n) is 6.08. The molecule has 2 heterocycles. The van der Waals surface area contributed by atoms with Crippen LogP contribution in [-0.4, -0.2) is 11.8 Å². The summed E-state index contributed by atoms with van der Waals surface area (Å²) in [6.45, 7) is 1.99. The summed E-state index contributed by atoms with van der Waals surface area (Å²) in [5.41, 5.74) is 3.24. The first-order valence-corrected chi connectivity index (χ1v) is 7.79. The first-order chi connectivity index (χ1) is 11.6. The van der Waals surface area contributed by atoms with E-state index in [1.54, 1.807) is 12.3 Å². The van der Waals surface area contributed by atoms with E-state index in [9.17, 15) is 9.59 Å². The molecule has 0 saturated heterocycles. The lowest BCUT2D eigenvalue weighted by Crippen LogP contribution is -2.33. The summed E-state index contributed by atoms with van der Waals surface area (Å²) >= 11 is 0. The number of hydrogen-bond acceptors (Lipinski definition) is 2. The van der Waals surface area contributed by atoms with E-state index in [4.69, 9.17) is 0 Å². The molecule has 2 aromatic rings. The molecule has 4 rings (SSSR count). The van der Waals surface area contributed by atoms with Crippen LogP contribution < -0.4 is 10.6 Å². The number of carbonyl (C=O) groups is 2. The van der Waals surface area contributed by atoms with Crippen LogP contribution in [0.3, 0.4) is 0 Å². The van der Waals surface area contributed by atoms with Gasteiger partial charge in [-0.15, -0.1) is 0 Å². The van der Waals surface area contributed by atoms with Crippen molar-refractivity contribution in [3.63, 3.8) is 0 Å². The lowest BCUT2D eigenvalue weighted by molar-refractivity contribution is -0.117. The van der Waals surface area contributed by atoms with Crippen molar-refractivity contribution in [3.05, 3.63) is 83.6 Å². The Morgan fingerprint density at radius 2 is 1.83 bits per heavy atom. The Morgan fingerprint density at radius 1 is 1.00 bits per heavy atom. The lowest BCUT2D eigenvalue weighted by atomic mass is 9.72. The van der Waals surface area contributed by atoms with E-state index in [2.05, 4.69) is 10.6 Å². The standard InChI is InChI=1S/C20H16N2O2/c1-13-5-4-6-14(11-13)16-12-18(23)21-10-9-20(16)15-7-2-3-8-17(15)22-19(20)24/h2-12H,1H3,(H,21,23)(H,22,24). The lowest BCUT2D eigenvalue weighted by Gasteiger charge is -2.27. The molecule has 0 bridgehead atoms. The number of fused-ring (bicyclic) bond motifs is 2. The number of aryl methyl sites for hydroxylation is 1. The fourth-order valence-electron chi connectivity index (χ4n) is 3.46. The van der Waals surface area contributed by atoms with Crippen LogP contribution in [0, 0.1) is 6.92 Å². The van der Waals surface area contributed by atoms with E-state index in [1.807, 2.05) is 55.5 Å². The maximum Gasteiger partial charge on any atom is 0.248 e. The highest BCUT2D eigenvalue weighted by Gasteiger charge is 2.48. The van der Waals surface area contributed by atoms with Gasteiger partial charge < -0.3 is 10.6 Å². The molecule has 2 amide bonds. The van der Waals surface area contributed by atoms with E-state index < -0.39 is 5.41 Å². The average Bonchev–Trinajstić information content (AvgIpc) is 2.73. The van der Waals surface area contributed by atoms with Gasteiger partial charge in [0.15, 0.2) is 0 Å². The third kappa shape index (κ3) is 2.00. The molecular weight excluding hydrogens is 300 g/mol. The second kappa shape index (κ2) is 5.20. The minimum Gasteiger partial charge on any atom is -0.329 e. The minimum absolute atomic E-state index is 0.149. The third-order valence-corrected chi connectivity index (χ3v) is 4.55. The second-order valence-corrected chi connectivity index (χ2v) is 6.08. The van der Waals surface area contributed by atoms with Gasteiger partial charge in [-0.2, -0.15) is 0 Å². The minimum atomic E-state index is -1.01. The van der Waals surface area contributed by atoms with Crippen molar-refractivity contribution in [2.75, 3.05) is 5.32 Å². The molecule has 118 valence electrons. The molecule has 0 fully saturated rings. The van der Waals surface area contributed by atoms with Crippen LogP contribution in [0.5, 0.6) is 0 Å². The van der Waals surface area contributed by atoms with E-state index in [1.165, 1.54) is 6.08 Å². The van der Waals surface area contributed by atoms with Gasteiger partial charge in [-0.3, -0.25) is 9.59 Å². The van der Waals surface area contributed by atoms with E-state index >= 15 is 0 Å². The predicted octanol–water partition coefficient (Wildman–Crippen LogP) is 2.91. The normalized spacial score (nSPS) is 21.8. The van der Waals surface area contributed by atoms with Gasteiger partial charge in [-0.1, -0.05) is 48.0 Å². The SMILES string of the molecule is Cc1cccc(C2=CC(=O)NC=CC23C(=O)Nc2ccccc23)c1. The molecule has 1 spiro atoms. The predicted molar refractivity (Wildman–Crippen MR) is 93.2 cm³/mol. The number of para-hydroxylation sites is 1.